The van der Waals surface area contributed by atoms with Gasteiger partial charge in [0.25, 0.3) is 0 Å². The number of quaternary nitrogens is 2. The van der Waals surface area contributed by atoms with Crippen LogP contribution >= 0.6 is 0 Å². The molecule has 0 aromatic carbocycles. The highest BCUT2D eigenvalue weighted by Gasteiger charge is 2.01. The third-order valence-corrected chi connectivity index (χ3v) is 0.756. The highest BCUT2D eigenvalue weighted by molar-refractivity contribution is 4.29. The molecule has 0 amide bonds. The van der Waals surface area contributed by atoms with Gasteiger partial charge in [-0.15, -0.1) is 7.05 Å². The van der Waals surface area contributed by atoms with Crippen LogP contribution in [-0.4, -0.2) is 21.3 Å². The molecule has 6 nitrogen and oxygen atoms in total. The van der Waals surface area contributed by atoms with E-state index >= 15 is 0 Å². The van der Waals surface area contributed by atoms with Gasteiger partial charge in [-0.2, -0.15) is 9.68 Å². The summed E-state index contributed by atoms with van der Waals surface area (Å²) in [5.41, 5.74) is 3.50. The van der Waals surface area contributed by atoms with E-state index in [4.69, 9.17) is 0 Å². The van der Waals surface area contributed by atoms with Gasteiger partial charge in [0.2, 0.25) is 0 Å². The van der Waals surface area contributed by atoms with E-state index in [1.807, 2.05) is 0 Å². The van der Waals surface area contributed by atoms with E-state index in [-0.39, 0.29) is 5.28 Å². The SMILES string of the molecule is C[N-][NH+](OC)[NH+]([O-])OC. The predicted molar refractivity (Wildman–Crippen MR) is 28.6 cm³/mol. The summed E-state index contributed by atoms with van der Waals surface area (Å²) < 4.78 is 0. The summed E-state index contributed by atoms with van der Waals surface area (Å²) in [4.78, 5) is 8.83. The number of hydrogen-bond donors (Lipinski definition) is 2. The van der Waals surface area contributed by atoms with Gasteiger partial charge < -0.3 is 10.6 Å². The van der Waals surface area contributed by atoms with Crippen LogP contribution in [0, 0.1) is 5.21 Å². The van der Waals surface area contributed by atoms with E-state index in [2.05, 4.69) is 15.1 Å². The average molecular weight is 137 g/mol. The van der Waals surface area contributed by atoms with E-state index in [9.17, 15) is 5.21 Å². The molecule has 2 unspecified atom stereocenters. The first-order valence-electron chi connectivity index (χ1n) is 2.35. The van der Waals surface area contributed by atoms with Crippen LogP contribution in [0.15, 0.2) is 0 Å². The zero-order valence-electron chi connectivity index (χ0n) is 5.67. The fourth-order valence-corrected chi connectivity index (χ4v) is 0.353. The molecule has 0 bridgehead atoms. The van der Waals surface area contributed by atoms with E-state index in [0.717, 1.165) is 0 Å². The maximum atomic E-state index is 10.5. The molecular weight excluding hydrogens is 126 g/mol. The molecular formula is C3H11N3O3. The van der Waals surface area contributed by atoms with Gasteiger partial charge in [-0.05, 0) is 0 Å². The molecule has 0 heterocycles. The van der Waals surface area contributed by atoms with Crippen molar-refractivity contribution in [2.24, 2.45) is 0 Å². The van der Waals surface area contributed by atoms with Crippen molar-refractivity contribution < 1.29 is 20.3 Å². The van der Waals surface area contributed by atoms with Crippen molar-refractivity contribution in [1.29, 1.82) is 0 Å². The highest BCUT2D eigenvalue weighted by atomic mass is 17.0. The molecule has 0 saturated heterocycles. The number of hydrogen-bond acceptors (Lipinski definition) is 3. The van der Waals surface area contributed by atoms with Gasteiger partial charge in [0.1, 0.15) is 14.2 Å². The van der Waals surface area contributed by atoms with Crippen LogP contribution in [0.4, 0.5) is 0 Å². The Balaban J connectivity index is 3.50. The van der Waals surface area contributed by atoms with E-state index in [0.29, 0.717) is 0 Å². The first kappa shape index (κ1) is 8.76. The molecule has 56 valence electrons. The van der Waals surface area contributed by atoms with Gasteiger partial charge in [0, 0.05) is 0 Å². The van der Waals surface area contributed by atoms with Gasteiger partial charge in [0.15, 0.2) is 0 Å². The van der Waals surface area contributed by atoms with Crippen molar-refractivity contribution >= 4 is 0 Å². The molecule has 0 radical (unpaired) electrons. The Kier molecular flexibility index (Phi) is 4.50. The van der Waals surface area contributed by atoms with Gasteiger partial charge in [-0.1, -0.05) is 10.6 Å². The third-order valence-electron chi connectivity index (χ3n) is 0.756. The molecule has 0 aliphatic rings. The summed E-state index contributed by atoms with van der Waals surface area (Å²) in [5.74, 6) is 0. The summed E-state index contributed by atoms with van der Waals surface area (Å²) in [6.07, 6.45) is 0. The van der Waals surface area contributed by atoms with E-state index in [1.54, 1.807) is 0 Å². The normalized spacial score (nSPS) is 17.3. The average Bonchev–Trinajstić information content (AvgIpc) is 1.90. The quantitative estimate of drug-likeness (QED) is 0.412. The summed E-state index contributed by atoms with van der Waals surface area (Å²) in [7, 11) is 4.08. The molecule has 0 aromatic rings. The van der Waals surface area contributed by atoms with Crippen LogP contribution < -0.4 is 10.6 Å². The lowest BCUT2D eigenvalue weighted by Crippen LogP contribution is -3.54. The lowest BCUT2D eigenvalue weighted by Gasteiger charge is -2.28. The van der Waals surface area contributed by atoms with Crippen LogP contribution in [0.5, 0.6) is 0 Å². The zero-order valence-corrected chi connectivity index (χ0v) is 5.67. The van der Waals surface area contributed by atoms with Crippen molar-refractivity contribution in [3.63, 3.8) is 0 Å². The minimum atomic E-state index is -0.556. The largest absolute Gasteiger partial charge is 0.547 e. The van der Waals surface area contributed by atoms with Crippen molar-refractivity contribution in [2.45, 2.75) is 0 Å². The maximum absolute atomic E-state index is 10.5. The molecule has 0 aliphatic heterocycles. The molecule has 0 saturated carbocycles. The smallest absolute Gasteiger partial charge is 0.103 e. The van der Waals surface area contributed by atoms with Crippen molar-refractivity contribution in [3.05, 3.63) is 10.6 Å². The number of rotatable bonds is 4. The minimum absolute atomic E-state index is 0.0162. The molecule has 9 heavy (non-hydrogen) atoms. The molecule has 0 fully saturated rings. The van der Waals surface area contributed by atoms with Crippen molar-refractivity contribution in [3.8, 4) is 0 Å². The Hall–Kier alpha value is -0.240. The summed E-state index contributed by atoms with van der Waals surface area (Å²) in [6.45, 7) is 0. The van der Waals surface area contributed by atoms with E-state index < -0.39 is 5.34 Å². The number of nitrogens with zero attached hydrogens (tertiary/aromatic N) is 1. The molecule has 0 aliphatic carbocycles. The van der Waals surface area contributed by atoms with Crippen molar-refractivity contribution in [2.75, 3.05) is 21.3 Å². The Morgan fingerprint density at radius 2 is 1.89 bits per heavy atom. The van der Waals surface area contributed by atoms with Gasteiger partial charge in [0.05, 0.1) is 0 Å². The standard InChI is InChI=1S/C3H11N3O3/c1-4-5(8-2)6(7)9-3/h5-6H,1-3H3. The third kappa shape index (κ3) is 2.70. The predicted octanol–water partition coefficient (Wildman–Crippen LogP) is -2.79. The summed E-state index contributed by atoms with van der Waals surface area (Å²) in [5, 5.41) is 9.92. The second-order valence-electron chi connectivity index (χ2n) is 1.22. The number of nitrogens with one attached hydrogen (secondary N) is 2. The maximum Gasteiger partial charge on any atom is 0.103 e. The fraction of sp³-hybridized carbons (Fsp3) is 1.00. The highest BCUT2D eigenvalue weighted by Crippen LogP contribution is 1.47. The lowest BCUT2D eigenvalue weighted by molar-refractivity contribution is -1.61. The van der Waals surface area contributed by atoms with Gasteiger partial charge >= 0.3 is 0 Å². The second-order valence-corrected chi connectivity index (χ2v) is 1.22. The van der Waals surface area contributed by atoms with Crippen LogP contribution in [-0.2, 0) is 9.68 Å². The van der Waals surface area contributed by atoms with Crippen LogP contribution in [0.1, 0.15) is 0 Å². The molecule has 0 spiro atoms. The minimum Gasteiger partial charge on any atom is -0.547 e. The van der Waals surface area contributed by atoms with E-state index in [1.165, 1.54) is 21.3 Å². The summed E-state index contributed by atoms with van der Waals surface area (Å²) >= 11 is 0. The molecule has 2 N–H and O–H groups in total. The Morgan fingerprint density at radius 1 is 1.33 bits per heavy atom. The van der Waals surface area contributed by atoms with Crippen LogP contribution in [0.2, 0.25) is 0 Å². The molecule has 0 rings (SSSR count). The second kappa shape index (κ2) is 4.62. The Labute approximate surface area is 53.4 Å². The van der Waals surface area contributed by atoms with Crippen molar-refractivity contribution in [1.82, 2.24) is 0 Å². The molecule has 6 heteroatoms. The Morgan fingerprint density at radius 3 is 2.00 bits per heavy atom. The lowest BCUT2D eigenvalue weighted by atomic mass is 11.5. The monoisotopic (exact) mass is 137 g/mol. The van der Waals surface area contributed by atoms with Gasteiger partial charge in [-0.3, -0.25) is 0 Å². The first-order valence-corrected chi connectivity index (χ1v) is 2.35. The van der Waals surface area contributed by atoms with Crippen LogP contribution in [0.3, 0.4) is 0 Å². The Bertz CT molecular complexity index is 67.3. The fourth-order valence-electron chi connectivity index (χ4n) is 0.353. The molecule has 2 atom stereocenters. The topological polar surface area (TPSA) is 64.5 Å². The summed E-state index contributed by atoms with van der Waals surface area (Å²) in [6, 6.07) is 0. The van der Waals surface area contributed by atoms with Crippen LogP contribution in [0.25, 0.3) is 5.43 Å². The van der Waals surface area contributed by atoms with Gasteiger partial charge in [-0.25, -0.2) is 0 Å². The zero-order chi connectivity index (χ0) is 7.28. The first-order chi connectivity index (χ1) is 4.26. The molecule has 0 aromatic heterocycles.